The van der Waals surface area contributed by atoms with Crippen molar-refractivity contribution in [2.45, 2.75) is 6.92 Å². The molecule has 2 N–H and O–H groups in total. The molecule has 0 saturated heterocycles. The van der Waals surface area contributed by atoms with Gasteiger partial charge in [0.1, 0.15) is 11.5 Å². The van der Waals surface area contributed by atoms with Crippen LogP contribution in [0.15, 0.2) is 52.0 Å². The van der Waals surface area contributed by atoms with Crippen LogP contribution in [0.25, 0.3) is 0 Å². The van der Waals surface area contributed by atoms with Gasteiger partial charge in [-0.3, -0.25) is 4.79 Å². The number of hydrogen-bond acceptors (Lipinski definition) is 5. The Labute approximate surface area is 155 Å². The molecule has 0 unspecified atom stereocenters. The van der Waals surface area contributed by atoms with Crippen LogP contribution in [-0.2, 0) is 4.79 Å². The SMILES string of the molecule is COc1ccc(NCC(=O)N/N=C(/C)c2ccc(OC)c(Br)c2)cc1. The van der Waals surface area contributed by atoms with Crippen molar-refractivity contribution in [3.63, 3.8) is 0 Å². The molecule has 0 spiro atoms. The number of amides is 1. The second-order valence-corrected chi connectivity index (χ2v) is 6.02. The van der Waals surface area contributed by atoms with Crippen LogP contribution in [0.3, 0.4) is 0 Å². The first-order chi connectivity index (χ1) is 12.0. The molecule has 0 atom stereocenters. The fourth-order valence-electron chi connectivity index (χ4n) is 2.03. The standard InChI is InChI=1S/C18H20BrN3O3/c1-12(13-4-9-17(25-3)16(19)10-13)21-22-18(23)11-20-14-5-7-15(24-2)8-6-14/h4-10,20H,11H2,1-3H3,(H,22,23)/b21-12-. The lowest BCUT2D eigenvalue weighted by molar-refractivity contribution is -0.119. The van der Waals surface area contributed by atoms with Crippen LogP contribution in [0.4, 0.5) is 5.69 Å². The van der Waals surface area contributed by atoms with Gasteiger partial charge in [0, 0.05) is 5.69 Å². The van der Waals surface area contributed by atoms with Gasteiger partial charge >= 0.3 is 0 Å². The predicted molar refractivity (Wildman–Crippen MR) is 103 cm³/mol. The highest BCUT2D eigenvalue weighted by Crippen LogP contribution is 2.25. The van der Waals surface area contributed by atoms with Crippen LogP contribution in [-0.4, -0.2) is 32.4 Å². The van der Waals surface area contributed by atoms with E-state index < -0.39 is 0 Å². The Morgan fingerprint density at radius 2 is 1.84 bits per heavy atom. The quantitative estimate of drug-likeness (QED) is 0.546. The zero-order valence-corrected chi connectivity index (χ0v) is 15.9. The van der Waals surface area contributed by atoms with E-state index in [9.17, 15) is 4.79 Å². The van der Waals surface area contributed by atoms with Gasteiger partial charge in [0.2, 0.25) is 0 Å². The molecule has 0 heterocycles. The number of carbonyl (C=O) groups is 1. The molecule has 0 fully saturated rings. The summed E-state index contributed by atoms with van der Waals surface area (Å²) in [6, 6.07) is 12.9. The number of methoxy groups -OCH3 is 2. The van der Waals surface area contributed by atoms with Gasteiger partial charge in [0.25, 0.3) is 5.91 Å². The predicted octanol–water partition coefficient (Wildman–Crippen LogP) is 3.42. The summed E-state index contributed by atoms with van der Waals surface area (Å²) in [5.41, 5.74) is 4.95. The van der Waals surface area contributed by atoms with Gasteiger partial charge in [-0.05, 0) is 70.9 Å². The lowest BCUT2D eigenvalue weighted by Gasteiger charge is -2.08. The van der Waals surface area contributed by atoms with E-state index in [2.05, 4.69) is 31.8 Å². The summed E-state index contributed by atoms with van der Waals surface area (Å²) in [7, 11) is 3.22. The zero-order valence-electron chi connectivity index (χ0n) is 14.3. The van der Waals surface area contributed by atoms with E-state index in [-0.39, 0.29) is 12.5 Å². The molecule has 0 aliphatic heterocycles. The Balaban J connectivity index is 1.89. The summed E-state index contributed by atoms with van der Waals surface area (Å²) in [6.45, 7) is 1.95. The molecular formula is C18H20BrN3O3. The number of ether oxygens (including phenoxy) is 2. The van der Waals surface area contributed by atoms with Gasteiger partial charge < -0.3 is 14.8 Å². The number of halogens is 1. The summed E-state index contributed by atoms with van der Waals surface area (Å²) < 4.78 is 11.1. The molecule has 0 saturated carbocycles. The second kappa shape index (κ2) is 9.08. The summed E-state index contributed by atoms with van der Waals surface area (Å²) in [4.78, 5) is 11.9. The highest BCUT2D eigenvalue weighted by atomic mass is 79.9. The summed E-state index contributed by atoms with van der Waals surface area (Å²) in [5.74, 6) is 1.27. The first-order valence-electron chi connectivity index (χ1n) is 7.58. The summed E-state index contributed by atoms with van der Waals surface area (Å²) in [5, 5.41) is 7.15. The highest BCUT2D eigenvalue weighted by molar-refractivity contribution is 9.10. The van der Waals surface area contributed by atoms with E-state index in [4.69, 9.17) is 9.47 Å². The Morgan fingerprint density at radius 1 is 1.12 bits per heavy atom. The minimum absolute atomic E-state index is 0.120. The number of carbonyl (C=O) groups excluding carboxylic acids is 1. The molecule has 6 nitrogen and oxygen atoms in total. The first-order valence-corrected chi connectivity index (χ1v) is 8.37. The van der Waals surface area contributed by atoms with Crippen molar-refractivity contribution in [2.75, 3.05) is 26.1 Å². The molecule has 2 aromatic rings. The highest BCUT2D eigenvalue weighted by Gasteiger charge is 2.05. The van der Waals surface area contributed by atoms with Crippen LogP contribution in [0.1, 0.15) is 12.5 Å². The minimum atomic E-state index is -0.234. The monoisotopic (exact) mass is 405 g/mol. The van der Waals surface area contributed by atoms with E-state index in [1.54, 1.807) is 14.2 Å². The van der Waals surface area contributed by atoms with Gasteiger partial charge in [-0.15, -0.1) is 0 Å². The van der Waals surface area contributed by atoms with Crippen LogP contribution >= 0.6 is 15.9 Å². The second-order valence-electron chi connectivity index (χ2n) is 5.16. The molecule has 0 aromatic heterocycles. The maximum Gasteiger partial charge on any atom is 0.259 e. The van der Waals surface area contributed by atoms with Crippen LogP contribution in [0.5, 0.6) is 11.5 Å². The molecule has 25 heavy (non-hydrogen) atoms. The third-order valence-electron chi connectivity index (χ3n) is 3.46. The van der Waals surface area contributed by atoms with Gasteiger partial charge in [-0.1, -0.05) is 0 Å². The lowest BCUT2D eigenvalue weighted by Crippen LogP contribution is -2.26. The molecule has 132 valence electrons. The maximum absolute atomic E-state index is 11.9. The number of benzene rings is 2. The molecular weight excluding hydrogens is 386 g/mol. The number of nitrogens with one attached hydrogen (secondary N) is 2. The Kier molecular flexibility index (Phi) is 6.82. The molecule has 0 radical (unpaired) electrons. The van der Waals surface area contributed by atoms with Gasteiger partial charge in [-0.2, -0.15) is 5.10 Å². The summed E-state index contributed by atoms with van der Waals surface area (Å²) in [6.07, 6.45) is 0. The number of rotatable bonds is 7. The number of anilines is 1. The van der Waals surface area contributed by atoms with Crippen molar-refractivity contribution in [1.29, 1.82) is 0 Å². The average molecular weight is 406 g/mol. The van der Waals surface area contributed by atoms with Crippen molar-refractivity contribution >= 4 is 33.2 Å². The molecule has 0 aliphatic rings. The van der Waals surface area contributed by atoms with Gasteiger partial charge in [-0.25, -0.2) is 5.43 Å². The summed E-state index contributed by atoms with van der Waals surface area (Å²) >= 11 is 3.43. The first kappa shape index (κ1) is 18.8. The zero-order chi connectivity index (χ0) is 18.2. The third kappa shape index (κ3) is 5.49. The minimum Gasteiger partial charge on any atom is -0.497 e. The number of hydrogen-bond donors (Lipinski definition) is 2. The van der Waals surface area contributed by atoms with E-state index in [0.717, 1.165) is 27.2 Å². The average Bonchev–Trinajstić information content (AvgIpc) is 2.64. The molecule has 0 aliphatic carbocycles. The topological polar surface area (TPSA) is 72.0 Å². The van der Waals surface area contributed by atoms with E-state index in [0.29, 0.717) is 5.71 Å². The van der Waals surface area contributed by atoms with Crippen LogP contribution in [0, 0.1) is 0 Å². The Bertz CT molecular complexity index is 761. The number of nitrogens with zero attached hydrogens (tertiary/aromatic N) is 1. The van der Waals surface area contributed by atoms with Crippen molar-refractivity contribution < 1.29 is 14.3 Å². The van der Waals surface area contributed by atoms with Gasteiger partial charge in [0.05, 0.1) is 30.9 Å². The maximum atomic E-state index is 11.9. The Hall–Kier alpha value is -2.54. The largest absolute Gasteiger partial charge is 0.497 e. The van der Waals surface area contributed by atoms with Crippen LogP contribution in [0.2, 0.25) is 0 Å². The smallest absolute Gasteiger partial charge is 0.259 e. The lowest BCUT2D eigenvalue weighted by atomic mass is 10.1. The Morgan fingerprint density at radius 3 is 2.44 bits per heavy atom. The molecule has 1 amide bonds. The van der Waals surface area contributed by atoms with Crippen LogP contribution < -0.4 is 20.2 Å². The molecule has 2 aromatic carbocycles. The van der Waals surface area contributed by atoms with E-state index >= 15 is 0 Å². The van der Waals surface area contributed by atoms with Crippen molar-refractivity contribution in [2.24, 2.45) is 5.10 Å². The fraction of sp³-hybridized carbons (Fsp3) is 0.222. The van der Waals surface area contributed by atoms with E-state index in [1.165, 1.54) is 0 Å². The van der Waals surface area contributed by atoms with Gasteiger partial charge in [0.15, 0.2) is 0 Å². The number of hydrazone groups is 1. The van der Waals surface area contributed by atoms with Crippen molar-refractivity contribution in [1.82, 2.24) is 5.43 Å². The van der Waals surface area contributed by atoms with Crippen molar-refractivity contribution in [3.8, 4) is 11.5 Å². The van der Waals surface area contributed by atoms with E-state index in [1.807, 2.05) is 49.4 Å². The van der Waals surface area contributed by atoms with Crippen molar-refractivity contribution in [3.05, 3.63) is 52.5 Å². The molecule has 0 bridgehead atoms. The third-order valence-corrected chi connectivity index (χ3v) is 4.08. The fourth-order valence-corrected chi connectivity index (χ4v) is 2.57. The normalized spacial score (nSPS) is 11.0. The molecule has 2 rings (SSSR count). The molecule has 7 heteroatoms.